The molecule has 2 aromatic carbocycles. The van der Waals surface area contributed by atoms with E-state index < -0.39 is 5.91 Å². The van der Waals surface area contributed by atoms with E-state index >= 15 is 0 Å². The molecule has 2 heterocycles. The molecule has 2 aromatic heterocycles. The Hall–Kier alpha value is -3.95. The van der Waals surface area contributed by atoms with Crippen molar-refractivity contribution < 1.29 is 9.21 Å². The van der Waals surface area contributed by atoms with Crippen LogP contribution in [0.4, 0.5) is 5.13 Å². The van der Waals surface area contributed by atoms with E-state index in [2.05, 4.69) is 41.5 Å². The third kappa shape index (κ3) is 5.20. The molecule has 158 valence electrons. The second-order valence-electron chi connectivity index (χ2n) is 7.49. The maximum absolute atomic E-state index is 12.6. The predicted molar refractivity (Wildman–Crippen MR) is 127 cm³/mol. The summed E-state index contributed by atoms with van der Waals surface area (Å²) in [6, 6.07) is 21.8. The molecule has 1 amide bonds. The zero-order chi connectivity index (χ0) is 22.5. The molecule has 4 aromatic rings. The first kappa shape index (κ1) is 21.3. The summed E-state index contributed by atoms with van der Waals surface area (Å²) >= 11 is 1.39. The monoisotopic (exact) mass is 439 g/mol. The molecule has 0 aliphatic rings. The Morgan fingerprint density at radius 1 is 1.06 bits per heavy atom. The van der Waals surface area contributed by atoms with E-state index in [0.29, 0.717) is 16.7 Å². The minimum Gasteiger partial charge on any atom is -0.457 e. The van der Waals surface area contributed by atoms with Crippen LogP contribution in [0.1, 0.15) is 27.3 Å². The fourth-order valence-electron chi connectivity index (χ4n) is 3.11. The summed E-state index contributed by atoms with van der Waals surface area (Å²) in [6.07, 6.45) is 3.92. The maximum atomic E-state index is 12.6. The number of thiazole rings is 1. The lowest BCUT2D eigenvalue weighted by Crippen LogP contribution is -2.13. The Bertz CT molecular complexity index is 1310. The van der Waals surface area contributed by atoms with E-state index in [1.165, 1.54) is 28.5 Å². The minimum absolute atomic E-state index is 0.0508. The molecule has 0 aliphatic heterocycles. The number of nitrogens with one attached hydrogen (secondary N) is 1. The smallest absolute Gasteiger partial charge is 0.268 e. The number of anilines is 1. The van der Waals surface area contributed by atoms with Crippen LogP contribution < -0.4 is 5.32 Å². The Balaban J connectivity index is 1.44. The van der Waals surface area contributed by atoms with Crippen LogP contribution in [0.25, 0.3) is 17.4 Å². The topological polar surface area (TPSA) is 78.9 Å². The van der Waals surface area contributed by atoms with Gasteiger partial charge in [0.25, 0.3) is 5.91 Å². The molecule has 0 atom stereocenters. The lowest BCUT2D eigenvalue weighted by molar-refractivity contribution is -0.112. The third-order valence-electron chi connectivity index (χ3n) is 4.89. The first-order chi connectivity index (χ1) is 15.5. The molecule has 0 bridgehead atoms. The van der Waals surface area contributed by atoms with Crippen molar-refractivity contribution in [3.8, 4) is 17.4 Å². The highest BCUT2D eigenvalue weighted by Crippen LogP contribution is 2.25. The highest BCUT2D eigenvalue weighted by Gasteiger charge is 2.14. The van der Waals surface area contributed by atoms with E-state index in [0.717, 1.165) is 22.4 Å². The number of carbonyl (C=O) groups is 1. The molecule has 5 nitrogen and oxygen atoms in total. The Labute approximate surface area is 190 Å². The normalized spacial score (nSPS) is 11.2. The third-order valence-corrected chi connectivity index (χ3v) is 5.80. The van der Waals surface area contributed by atoms with Crippen LogP contribution in [0.3, 0.4) is 0 Å². The fourth-order valence-corrected chi connectivity index (χ4v) is 3.95. The van der Waals surface area contributed by atoms with Gasteiger partial charge < -0.3 is 4.42 Å². The van der Waals surface area contributed by atoms with Crippen molar-refractivity contribution in [1.82, 2.24) is 4.98 Å². The quantitative estimate of drug-likeness (QED) is 0.288. The van der Waals surface area contributed by atoms with Gasteiger partial charge >= 0.3 is 0 Å². The molecule has 0 saturated carbocycles. The fraction of sp³-hybridized carbons (Fsp3) is 0.115. The summed E-state index contributed by atoms with van der Waals surface area (Å²) < 4.78 is 5.80. The number of rotatable bonds is 6. The summed E-state index contributed by atoms with van der Waals surface area (Å²) in [5.74, 6) is 0.595. The van der Waals surface area contributed by atoms with Crippen LogP contribution in [0.15, 0.2) is 76.9 Å². The predicted octanol–water partition coefficient (Wildman–Crippen LogP) is 6.16. The van der Waals surface area contributed by atoms with Crippen LogP contribution in [0, 0.1) is 25.2 Å². The van der Waals surface area contributed by atoms with Crippen LogP contribution in [-0.4, -0.2) is 10.9 Å². The number of nitrogens with zero attached hydrogens (tertiary/aromatic N) is 2. The molecule has 32 heavy (non-hydrogen) atoms. The summed E-state index contributed by atoms with van der Waals surface area (Å²) in [4.78, 5) is 17.9. The van der Waals surface area contributed by atoms with E-state index in [-0.39, 0.29) is 5.57 Å². The Morgan fingerprint density at radius 3 is 2.44 bits per heavy atom. The molecule has 0 unspecified atom stereocenters. The number of aromatic nitrogens is 1. The standard InChI is InChI=1S/C26H21N3O2S/c1-17-3-7-19(8-4-17)13-23-16-28-26(32-23)29-25(30)21(15-27)14-22-11-12-24(31-22)20-9-5-18(2)6-10-20/h3-12,14,16H,13H2,1-2H3,(H,28,29,30)/b21-14-. The number of aryl methyl sites for hydroxylation is 2. The molecule has 0 fully saturated rings. The number of hydrogen-bond donors (Lipinski definition) is 1. The SMILES string of the molecule is Cc1ccc(Cc2cnc(NC(=O)/C(C#N)=C\c3ccc(-c4ccc(C)cc4)o3)s2)cc1. The number of nitriles is 1. The number of hydrogen-bond acceptors (Lipinski definition) is 5. The van der Waals surface area contributed by atoms with Crippen molar-refractivity contribution in [3.05, 3.63) is 99.8 Å². The zero-order valence-corrected chi connectivity index (χ0v) is 18.6. The van der Waals surface area contributed by atoms with Gasteiger partial charge in [0, 0.05) is 29.1 Å². The van der Waals surface area contributed by atoms with Crippen molar-refractivity contribution in [3.63, 3.8) is 0 Å². The van der Waals surface area contributed by atoms with Gasteiger partial charge in [-0.05, 0) is 31.5 Å². The first-order valence-electron chi connectivity index (χ1n) is 10.1. The highest BCUT2D eigenvalue weighted by atomic mass is 32.1. The van der Waals surface area contributed by atoms with Gasteiger partial charge in [0.05, 0.1) is 0 Å². The second kappa shape index (κ2) is 9.46. The van der Waals surface area contributed by atoms with Crippen molar-refractivity contribution in [2.75, 3.05) is 5.32 Å². The van der Waals surface area contributed by atoms with Crippen molar-refractivity contribution in [2.24, 2.45) is 0 Å². The van der Waals surface area contributed by atoms with Gasteiger partial charge in [0.15, 0.2) is 5.13 Å². The van der Waals surface area contributed by atoms with E-state index in [1.807, 2.05) is 43.3 Å². The van der Waals surface area contributed by atoms with Gasteiger partial charge in [0.2, 0.25) is 0 Å². The summed E-state index contributed by atoms with van der Waals surface area (Å²) in [5, 5.41) is 12.6. The zero-order valence-electron chi connectivity index (χ0n) is 17.8. The first-order valence-corrected chi connectivity index (χ1v) is 10.9. The average molecular weight is 440 g/mol. The Kier molecular flexibility index (Phi) is 6.29. The molecule has 0 spiro atoms. The lowest BCUT2D eigenvalue weighted by Gasteiger charge is -2.00. The van der Waals surface area contributed by atoms with Gasteiger partial charge in [-0.2, -0.15) is 5.26 Å². The van der Waals surface area contributed by atoms with E-state index in [1.54, 1.807) is 12.3 Å². The van der Waals surface area contributed by atoms with Gasteiger partial charge in [-0.3, -0.25) is 10.1 Å². The van der Waals surface area contributed by atoms with Crippen LogP contribution >= 0.6 is 11.3 Å². The minimum atomic E-state index is -0.517. The van der Waals surface area contributed by atoms with Crippen LogP contribution in [0.2, 0.25) is 0 Å². The van der Waals surface area contributed by atoms with Gasteiger partial charge in [0.1, 0.15) is 23.2 Å². The number of carbonyl (C=O) groups excluding carboxylic acids is 1. The van der Waals surface area contributed by atoms with Crippen LogP contribution in [-0.2, 0) is 11.2 Å². The summed E-state index contributed by atoms with van der Waals surface area (Å²) in [5.41, 5.74) is 4.43. The van der Waals surface area contributed by atoms with E-state index in [9.17, 15) is 10.1 Å². The average Bonchev–Trinajstić information content (AvgIpc) is 3.43. The maximum Gasteiger partial charge on any atom is 0.268 e. The second-order valence-corrected chi connectivity index (χ2v) is 8.60. The number of benzene rings is 2. The number of amides is 1. The van der Waals surface area contributed by atoms with Gasteiger partial charge in [-0.15, -0.1) is 11.3 Å². The largest absolute Gasteiger partial charge is 0.457 e. The van der Waals surface area contributed by atoms with E-state index in [4.69, 9.17) is 4.42 Å². The molecule has 6 heteroatoms. The van der Waals surface area contributed by atoms with Crippen LogP contribution in [0.5, 0.6) is 0 Å². The van der Waals surface area contributed by atoms with Crippen molar-refractivity contribution >= 4 is 28.5 Å². The number of furan rings is 1. The highest BCUT2D eigenvalue weighted by molar-refractivity contribution is 7.15. The molecule has 0 saturated heterocycles. The Morgan fingerprint density at radius 2 is 1.75 bits per heavy atom. The molecular formula is C26H21N3O2S. The van der Waals surface area contributed by atoms with Gasteiger partial charge in [-0.1, -0.05) is 59.7 Å². The summed E-state index contributed by atoms with van der Waals surface area (Å²) in [6.45, 7) is 4.07. The molecule has 0 aliphatic carbocycles. The molecule has 4 rings (SSSR count). The van der Waals surface area contributed by atoms with Gasteiger partial charge in [-0.25, -0.2) is 4.98 Å². The molecule has 0 radical (unpaired) electrons. The van der Waals surface area contributed by atoms with Crippen molar-refractivity contribution in [2.45, 2.75) is 20.3 Å². The lowest BCUT2D eigenvalue weighted by atomic mass is 10.1. The summed E-state index contributed by atoms with van der Waals surface area (Å²) in [7, 11) is 0. The van der Waals surface area contributed by atoms with Crippen molar-refractivity contribution in [1.29, 1.82) is 5.26 Å². The molecular weight excluding hydrogens is 418 g/mol. The molecule has 1 N–H and O–H groups in total.